The first-order valence-electron chi connectivity index (χ1n) is 0. The maximum atomic E-state index is 0. The van der Waals surface area contributed by atoms with Gasteiger partial charge >= 0.3 is 37.7 Å². The second-order valence-corrected chi connectivity index (χ2v) is 0. The summed E-state index contributed by atoms with van der Waals surface area (Å²) >= 11 is 0. The van der Waals surface area contributed by atoms with Gasteiger partial charge in [-0.2, -0.15) is 0 Å². The van der Waals surface area contributed by atoms with E-state index in [0.717, 1.165) is 0 Å². The molecule has 37 valence electrons. The molecule has 0 aromatic heterocycles. The predicted molar refractivity (Wildman–Crippen MR) is 29.3 cm³/mol. The summed E-state index contributed by atoms with van der Waals surface area (Å²) in [5, 5.41) is 0. The molecular weight excluding hydrogens is 409 g/mol. The summed E-state index contributed by atoms with van der Waals surface area (Å²) in [7, 11) is 0. The Labute approximate surface area is 125 Å². The molecule has 0 aromatic rings. The van der Waals surface area contributed by atoms with E-state index < -0.39 is 0 Å². The summed E-state index contributed by atoms with van der Waals surface area (Å²) < 4.78 is 0. The van der Waals surface area contributed by atoms with Crippen molar-refractivity contribution in [1.82, 2.24) is 0 Å². The van der Waals surface area contributed by atoms with E-state index in [-0.39, 0.29) is 128 Å². The zero-order chi connectivity index (χ0) is 0. The van der Waals surface area contributed by atoms with E-state index in [4.69, 9.17) is 0 Å². The minimum Gasteiger partial charge on any atom is -1.00 e. The van der Waals surface area contributed by atoms with Gasteiger partial charge < -0.3 is 2.85 Å². The van der Waals surface area contributed by atoms with Gasteiger partial charge in [0, 0.05) is 59.2 Å². The van der Waals surface area contributed by atoms with Crippen molar-refractivity contribution < 1.29 is 62.1 Å². The summed E-state index contributed by atoms with van der Waals surface area (Å²) in [5.41, 5.74) is 0. The third-order valence-corrected chi connectivity index (χ3v) is 0. The zero-order valence-electron chi connectivity index (χ0n) is 4.12. The molecule has 0 nitrogen and oxygen atoms in total. The van der Waals surface area contributed by atoms with Crippen molar-refractivity contribution in [2.75, 3.05) is 0 Å². The molecular formula is H9AlAuCaCrSiZn. The maximum Gasteiger partial charge on any atom is 2.00 e. The van der Waals surface area contributed by atoms with Crippen molar-refractivity contribution in [2.24, 2.45) is 0 Å². The second-order valence-electron chi connectivity index (χ2n) is 0. The third-order valence-electron chi connectivity index (χ3n) is 0. The van der Waals surface area contributed by atoms with Gasteiger partial charge in [0.15, 0.2) is 17.4 Å². The molecule has 0 atom stereocenters. The Morgan fingerprint density at radius 1 is 1.17 bits per heavy atom. The van der Waals surface area contributed by atoms with Crippen molar-refractivity contribution in [1.29, 1.82) is 0 Å². The molecule has 0 unspecified atom stereocenters. The van der Waals surface area contributed by atoms with E-state index >= 15 is 0 Å². The normalized spacial score (nSPS) is 0. The molecule has 0 saturated carbocycles. The first kappa shape index (κ1) is 51.5. The summed E-state index contributed by atoms with van der Waals surface area (Å²) in [6.07, 6.45) is 0. The van der Waals surface area contributed by atoms with Gasteiger partial charge in [0.2, 0.25) is 0 Å². The minimum atomic E-state index is 0. The summed E-state index contributed by atoms with van der Waals surface area (Å²) in [4.78, 5) is 0. The zero-order valence-corrected chi connectivity index (χ0v) is 10.7. The van der Waals surface area contributed by atoms with Crippen molar-refractivity contribution in [3.05, 3.63) is 0 Å². The van der Waals surface area contributed by atoms with Crippen LogP contribution in [-0.4, -0.2) is 66.1 Å². The van der Waals surface area contributed by atoms with Crippen molar-refractivity contribution in [3.63, 3.8) is 0 Å². The molecule has 0 saturated heterocycles. The predicted octanol–water partition coefficient (Wildman–Crippen LogP) is -2.80. The van der Waals surface area contributed by atoms with Gasteiger partial charge in [-0.05, 0) is 11.0 Å². The summed E-state index contributed by atoms with van der Waals surface area (Å²) in [5.74, 6) is 0. The van der Waals surface area contributed by atoms with E-state index in [1.54, 1.807) is 0 Å². The van der Waals surface area contributed by atoms with Gasteiger partial charge in [0.05, 0.1) is 0 Å². The average Bonchev–Trinajstić information content (AvgIpc) is 0. The summed E-state index contributed by atoms with van der Waals surface area (Å²) in [6, 6.07) is 0. The third kappa shape index (κ3) is 24.7. The van der Waals surface area contributed by atoms with Crippen LogP contribution in [0.25, 0.3) is 0 Å². The molecule has 0 rings (SSSR count). The van der Waals surface area contributed by atoms with Crippen molar-refractivity contribution in [2.45, 2.75) is 0 Å². The van der Waals surface area contributed by atoms with E-state index in [2.05, 4.69) is 0 Å². The Bertz CT molecular complexity index is 22.0. The fourth-order valence-electron chi connectivity index (χ4n) is 0. The molecule has 0 aliphatic heterocycles. The molecule has 0 aliphatic rings. The monoisotopic (exact) mass is 417 g/mol. The first-order chi connectivity index (χ1) is 0. The van der Waals surface area contributed by atoms with Crippen LogP contribution in [0.5, 0.6) is 0 Å². The fourth-order valence-corrected chi connectivity index (χ4v) is 0. The van der Waals surface area contributed by atoms with Crippen LogP contribution < -0.4 is 0 Å². The van der Waals surface area contributed by atoms with E-state index in [9.17, 15) is 0 Å². The maximum absolute atomic E-state index is 0. The molecule has 0 spiro atoms. The SMILES string of the molecule is [AlH3].[Au].[Ca+2].[Cr].[H-].[H-].[SiH4].[Zn]. The number of hydrogen-bond donors (Lipinski definition) is 0. The van der Waals surface area contributed by atoms with Gasteiger partial charge in [-0.15, -0.1) is 0 Å². The molecule has 0 fully saturated rings. The Balaban J connectivity index is 0. The van der Waals surface area contributed by atoms with E-state index in [0.29, 0.717) is 0 Å². The molecule has 6 heavy (non-hydrogen) atoms. The van der Waals surface area contributed by atoms with Gasteiger partial charge in [-0.3, -0.25) is 0 Å². The molecule has 0 amide bonds. The Hall–Kier alpha value is 3.91. The standard InChI is InChI=1S/Al.Au.Ca.Cr.H4Si.Zn.5H/h;;;;1H4;;;;;;/q;;+2;;;;;;;2*-1. The van der Waals surface area contributed by atoms with E-state index in [1.807, 2.05) is 0 Å². The molecule has 0 bridgehead atoms. The van der Waals surface area contributed by atoms with Gasteiger partial charge in [-0.25, -0.2) is 0 Å². The minimum absolute atomic E-state index is 0. The number of hydrogen-bond acceptors (Lipinski definition) is 0. The smallest absolute Gasteiger partial charge is 1.00 e. The van der Waals surface area contributed by atoms with Crippen LogP contribution in [0.3, 0.4) is 0 Å². The molecule has 0 aromatic carbocycles. The average molecular weight is 419 g/mol. The Morgan fingerprint density at radius 3 is 1.17 bits per heavy atom. The van der Waals surface area contributed by atoms with Crippen LogP contribution in [0.15, 0.2) is 0 Å². The molecule has 0 heterocycles. The Morgan fingerprint density at radius 2 is 1.17 bits per heavy atom. The first-order valence-corrected chi connectivity index (χ1v) is 0. The largest absolute Gasteiger partial charge is 2.00 e. The van der Waals surface area contributed by atoms with Crippen molar-refractivity contribution >= 4 is 66.1 Å². The van der Waals surface area contributed by atoms with Crippen LogP contribution in [0.4, 0.5) is 0 Å². The van der Waals surface area contributed by atoms with Crippen LogP contribution in [0.2, 0.25) is 0 Å². The van der Waals surface area contributed by atoms with Crippen LogP contribution in [0.1, 0.15) is 2.85 Å². The molecule has 0 aliphatic carbocycles. The van der Waals surface area contributed by atoms with Gasteiger partial charge in [0.1, 0.15) is 0 Å². The van der Waals surface area contributed by atoms with Gasteiger partial charge in [-0.1, -0.05) is 0 Å². The van der Waals surface area contributed by atoms with E-state index in [1.165, 1.54) is 0 Å². The van der Waals surface area contributed by atoms with Crippen LogP contribution in [-0.2, 0) is 59.2 Å². The number of rotatable bonds is 0. The Kier molecular flexibility index (Phi) is 313. The van der Waals surface area contributed by atoms with Gasteiger partial charge in [0.25, 0.3) is 0 Å². The molecule has 0 N–H and O–H groups in total. The second kappa shape index (κ2) is 36.5. The molecule has 1 radical (unpaired) electrons. The topological polar surface area (TPSA) is 0 Å². The van der Waals surface area contributed by atoms with Crippen LogP contribution >= 0.6 is 0 Å². The van der Waals surface area contributed by atoms with Crippen LogP contribution in [0, 0.1) is 0 Å². The summed E-state index contributed by atoms with van der Waals surface area (Å²) in [6.45, 7) is 0. The fraction of sp³-hybridized carbons (Fsp3) is 0. The van der Waals surface area contributed by atoms with Crippen molar-refractivity contribution in [3.8, 4) is 0 Å². The quantitative estimate of drug-likeness (QED) is 0.373. The molecule has 6 heteroatoms.